The molecule has 0 aromatic heterocycles. The van der Waals surface area contributed by atoms with E-state index in [1.54, 1.807) is 13.8 Å². The lowest BCUT2D eigenvalue weighted by atomic mass is 9.31. The molecule has 5 aliphatic rings. The van der Waals surface area contributed by atoms with Crippen molar-refractivity contribution in [2.75, 3.05) is 0 Å². The molecule has 0 bridgehead atoms. The van der Waals surface area contributed by atoms with Crippen LogP contribution in [0.2, 0.25) is 0 Å². The molecule has 0 amide bonds. The highest BCUT2D eigenvalue weighted by molar-refractivity contribution is 5.81. The molecule has 5 rings (SSSR count). The smallest absolute Gasteiger partial charge is 0.309 e. The van der Waals surface area contributed by atoms with Gasteiger partial charge in [0.15, 0.2) is 0 Å². The zero-order valence-electron chi connectivity index (χ0n) is 27.9. The number of hydrogen-bond acceptors (Lipinski definition) is 4. The predicted molar refractivity (Wildman–Crippen MR) is 163 cm³/mol. The summed E-state index contributed by atoms with van der Waals surface area (Å²) < 4.78 is 6.11. The van der Waals surface area contributed by atoms with E-state index in [-0.39, 0.29) is 45.5 Å². The van der Waals surface area contributed by atoms with E-state index in [1.807, 2.05) is 0 Å². The molecule has 6 nitrogen and oxygen atoms in total. The van der Waals surface area contributed by atoms with Crippen LogP contribution < -0.4 is 0 Å². The third kappa shape index (κ3) is 4.41. The lowest BCUT2D eigenvalue weighted by Crippen LogP contribution is -2.67. The summed E-state index contributed by atoms with van der Waals surface area (Å²) in [5.41, 5.74) is -1.30. The van der Waals surface area contributed by atoms with Crippen LogP contribution in [0.5, 0.6) is 0 Å². The largest absolute Gasteiger partial charge is 0.481 e. The van der Waals surface area contributed by atoms with Gasteiger partial charge in [0.05, 0.1) is 17.3 Å². The average Bonchev–Trinajstić information content (AvgIpc) is 2.85. The average molecular weight is 587 g/mol. The van der Waals surface area contributed by atoms with Gasteiger partial charge < -0.3 is 14.9 Å². The maximum Gasteiger partial charge on any atom is 0.309 e. The Hall–Kier alpha value is -1.59. The van der Waals surface area contributed by atoms with Gasteiger partial charge in [-0.15, -0.1) is 0 Å². The molecule has 0 unspecified atom stereocenters. The minimum atomic E-state index is -1.14. The fourth-order valence-electron chi connectivity index (χ4n) is 12.2. The maximum absolute atomic E-state index is 12.9. The number of carbonyl (C=O) groups is 3. The van der Waals surface area contributed by atoms with E-state index < -0.39 is 28.7 Å². The number of esters is 1. The van der Waals surface area contributed by atoms with Crippen molar-refractivity contribution in [2.45, 2.75) is 145 Å². The van der Waals surface area contributed by atoms with Crippen molar-refractivity contribution < 1.29 is 29.3 Å². The summed E-state index contributed by atoms with van der Waals surface area (Å²) in [4.78, 5) is 37.5. The Morgan fingerprint density at radius 2 is 1.38 bits per heavy atom. The summed E-state index contributed by atoms with van der Waals surface area (Å²) >= 11 is 0. The number of carboxylic acid groups (broad SMARTS) is 2. The summed E-state index contributed by atoms with van der Waals surface area (Å²) in [7, 11) is 0. The summed E-state index contributed by atoms with van der Waals surface area (Å²) in [6, 6.07) is 0. The van der Waals surface area contributed by atoms with Crippen LogP contribution in [0.3, 0.4) is 0 Å². The van der Waals surface area contributed by atoms with Crippen LogP contribution in [0.15, 0.2) is 0 Å². The van der Waals surface area contributed by atoms with Gasteiger partial charge in [0, 0.05) is 5.41 Å². The van der Waals surface area contributed by atoms with Crippen molar-refractivity contribution in [1.29, 1.82) is 0 Å². The Balaban J connectivity index is 1.41. The fourth-order valence-corrected chi connectivity index (χ4v) is 12.2. The summed E-state index contributed by atoms with van der Waals surface area (Å²) in [5.74, 6) is -0.260. The summed E-state index contributed by atoms with van der Waals surface area (Å²) in [5, 5.41) is 20.1. The molecule has 9 atom stereocenters. The van der Waals surface area contributed by atoms with E-state index in [4.69, 9.17) is 4.74 Å². The molecule has 0 spiro atoms. The number of fused-ring (bicyclic) bond motifs is 7. The molecule has 238 valence electrons. The Morgan fingerprint density at radius 1 is 0.738 bits per heavy atom. The number of rotatable bonds is 5. The Bertz CT molecular complexity index is 1140. The third-order valence-electron chi connectivity index (χ3n) is 15.0. The lowest BCUT2D eigenvalue weighted by Gasteiger charge is -2.73. The van der Waals surface area contributed by atoms with Crippen LogP contribution in [-0.2, 0) is 19.1 Å². The molecule has 5 fully saturated rings. The standard InChI is InChI=1S/C36H58O6/c1-30(2)16-18-36(29(40)41)19-17-34(8)22(23(36)20-30)10-11-25-33(7)14-13-26(42-27(37)21-31(3,4)28(38)39)32(5,6)24(33)12-15-35(25,34)9/h22-26H,10-21H2,1-9H3,(H,38,39)(H,40,41)/t22-,23+,24+,25-,26+,33+,34-,35-,36+/m1/s1. The molecule has 0 aliphatic heterocycles. The van der Waals surface area contributed by atoms with Gasteiger partial charge in [0.1, 0.15) is 6.10 Å². The second-order valence-electron chi connectivity index (χ2n) is 18.3. The summed E-state index contributed by atoms with van der Waals surface area (Å²) in [6.45, 7) is 20.0. The van der Waals surface area contributed by atoms with Gasteiger partial charge in [-0.2, -0.15) is 0 Å². The van der Waals surface area contributed by atoms with Gasteiger partial charge in [-0.1, -0.05) is 48.5 Å². The molecule has 5 saturated carbocycles. The molecule has 0 saturated heterocycles. The zero-order valence-corrected chi connectivity index (χ0v) is 27.9. The first-order chi connectivity index (χ1) is 19.2. The number of ether oxygens (including phenoxy) is 1. The molecule has 0 aromatic carbocycles. The molecular formula is C36H58O6. The highest BCUT2D eigenvalue weighted by Gasteiger charge is 2.71. The van der Waals surface area contributed by atoms with E-state index in [1.165, 1.54) is 0 Å². The van der Waals surface area contributed by atoms with Gasteiger partial charge in [-0.3, -0.25) is 14.4 Å². The third-order valence-corrected chi connectivity index (χ3v) is 15.0. The van der Waals surface area contributed by atoms with Crippen LogP contribution in [0.25, 0.3) is 0 Å². The predicted octanol–water partition coefficient (Wildman–Crippen LogP) is 8.37. The van der Waals surface area contributed by atoms with Gasteiger partial charge in [-0.05, 0) is 130 Å². The lowest BCUT2D eigenvalue weighted by molar-refractivity contribution is -0.256. The normalized spacial score (nSPS) is 45.8. The Labute approximate surface area is 254 Å². The van der Waals surface area contributed by atoms with Gasteiger partial charge in [0.2, 0.25) is 0 Å². The minimum Gasteiger partial charge on any atom is -0.481 e. The van der Waals surface area contributed by atoms with Crippen molar-refractivity contribution >= 4 is 17.9 Å². The first-order valence-corrected chi connectivity index (χ1v) is 16.8. The molecule has 0 heterocycles. The Morgan fingerprint density at radius 3 is 2.00 bits per heavy atom. The number of aliphatic carboxylic acids is 2. The van der Waals surface area contributed by atoms with Gasteiger partial charge in [0.25, 0.3) is 0 Å². The Kier molecular flexibility index (Phi) is 7.35. The van der Waals surface area contributed by atoms with E-state index in [0.717, 1.165) is 70.6 Å². The quantitative estimate of drug-likeness (QED) is 0.314. The van der Waals surface area contributed by atoms with Crippen molar-refractivity contribution in [3.8, 4) is 0 Å². The summed E-state index contributed by atoms with van der Waals surface area (Å²) in [6.07, 6.45) is 10.7. The molecular weight excluding hydrogens is 528 g/mol. The topological polar surface area (TPSA) is 101 Å². The van der Waals surface area contributed by atoms with E-state index in [2.05, 4.69) is 48.5 Å². The van der Waals surface area contributed by atoms with Crippen LogP contribution in [-0.4, -0.2) is 34.2 Å². The van der Waals surface area contributed by atoms with E-state index >= 15 is 0 Å². The molecule has 6 heteroatoms. The van der Waals surface area contributed by atoms with E-state index in [0.29, 0.717) is 17.8 Å². The van der Waals surface area contributed by atoms with Crippen LogP contribution >= 0.6 is 0 Å². The first kappa shape index (κ1) is 31.8. The highest BCUT2D eigenvalue weighted by atomic mass is 16.5. The van der Waals surface area contributed by atoms with E-state index in [9.17, 15) is 24.6 Å². The molecule has 0 aromatic rings. The SMILES string of the molecule is CC1(C)CC[C@]2(C(=O)O)CC[C@]3(C)[C@H](CC[C@@H]4[C@@]5(C)CC[C@H](OC(=O)CC(C)(C)C(=O)O)C(C)(C)[C@@H]5CC[C@]43C)[C@@H]2C1. The van der Waals surface area contributed by atoms with Crippen LogP contribution in [0.4, 0.5) is 0 Å². The highest BCUT2D eigenvalue weighted by Crippen LogP contribution is 2.77. The van der Waals surface area contributed by atoms with Crippen LogP contribution in [0.1, 0.15) is 139 Å². The molecule has 42 heavy (non-hydrogen) atoms. The second kappa shape index (κ2) is 9.70. The van der Waals surface area contributed by atoms with Crippen LogP contribution in [0, 0.1) is 61.6 Å². The molecule has 2 N–H and O–H groups in total. The van der Waals surface area contributed by atoms with Gasteiger partial charge >= 0.3 is 17.9 Å². The van der Waals surface area contributed by atoms with Crippen molar-refractivity contribution in [1.82, 2.24) is 0 Å². The molecule has 0 radical (unpaired) electrons. The maximum atomic E-state index is 12.9. The fraction of sp³-hybridized carbons (Fsp3) is 0.917. The van der Waals surface area contributed by atoms with Crippen molar-refractivity contribution in [3.05, 3.63) is 0 Å². The second-order valence-corrected chi connectivity index (χ2v) is 18.3. The molecule has 5 aliphatic carbocycles. The van der Waals surface area contributed by atoms with Gasteiger partial charge in [-0.25, -0.2) is 0 Å². The minimum absolute atomic E-state index is 0.118. The zero-order chi connectivity index (χ0) is 31.3. The monoisotopic (exact) mass is 586 g/mol. The number of carbonyl (C=O) groups excluding carboxylic acids is 1. The number of carboxylic acids is 2. The van der Waals surface area contributed by atoms with Crippen molar-refractivity contribution in [2.24, 2.45) is 61.6 Å². The number of hydrogen-bond donors (Lipinski definition) is 2. The van der Waals surface area contributed by atoms with Crippen molar-refractivity contribution in [3.63, 3.8) is 0 Å². The first-order valence-electron chi connectivity index (χ1n) is 16.8.